The van der Waals surface area contributed by atoms with Crippen molar-refractivity contribution in [3.8, 4) is 41.1 Å². The number of allylic oxidation sites excluding steroid dienone is 2. The summed E-state index contributed by atoms with van der Waals surface area (Å²) in [6, 6.07) is 3.94. The van der Waals surface area contributed by atoms with Crippen molar-refractivity contribution in [3.05, 3.63) is 57.5 Å². The molecular formula is C23H16O10. The molecule has 0 atom stereocenters. The summed E-state index contributed by atoms with van der Waals surface area (Å²) in [5.41, 5.74) is -3.36. The van der Waals surface area contributed by atoms with Gasteiger partial charge in [-0.2, -0.15) is 0 Å². The molecule has 0 saturated carbocycles. The number of aromatic hydroxyl groups is 5. The van der Waals surface area contributed by atoms with Crippen LogP contribution < -0.4 is 5.63 Å². The van der Waals surface area contributed by atoms with E-state index in [1.54, 1.807) is 0 Å². The van der Waals surface area contributed by atoms with Crippen LogP contribution in [0.2, 0.25) is 0 Å². The van der Waals surface area contributed by atoms with Gasteiger partial charge in [0.1, 0.15) is 16.9 Å². The molecule has 3 rings (SSSR count). The molecule has 0 aliphatic heterocycles. The van der Waals surface area contributed by atoms with E-state index in [2.05, 4.69) is 0 Å². The zero-order valence-electron chi connectivity index (χ0n) is 16.9. The van der Waals surface area contributed by atoms with E-state index in [0.717, 1.165) is 12.1 Å². The van der Waals surface area contributed by atoms with Crippen LogP contribution in [0.3, 0.4) is 0 Å². The van der Waals surface area contributed by atoms with Gasteiger partial charge in [-0.1, -0.05) is 12.0 Å². The first-order valence-corrected chi connectivity index (χ1v) is 9.20. The van der Waals surface area contributed by atoms with Crippen molar-refractivity contribution in [1.29, 1.82) is 0 Å². The van der Waals surface area contributed by atoms with Crippen LogP contribution >= 0.6 is 0 Å². The molecule has 0 fully saturated rings. The number of fused-ring (bicyclic) bond motifs is 1. The molecule has 10 nitrogen and oxygen atoms in total. The van der Waals surface area contributed by atoms with Gasteiger partial charge in [0.25, 0.3) is 0 Å². The van der Waals surface area contributed by atoms with E-state index in [1.807, 2.05) is 5.92 Å². The van der Waals surface area contributed by atoms with Gasteiger partial charge in [0.15, 0.2) is 35.4 Å². The Hall–Kier alpha value is -4.91. The number of carbonyl (C=O) groups is 2. The smallest absolute Gasteiger partial charge is 0.344 e. The molecule has 33 heavy (non-hydrogen) atoms. The Labute approximate surface area is 185 Å². The van der Waals surface area contributed by atoms with Gasteiger partial charge >= 0.3 is 11.6 Å². The van der Waals surface area contributed by atoms with Crippen molar-refractivity contribution < 1.29 is 44.3 Å². The number of hydrogen-bond acceptors (Lipinski definition) is 10. The van der Waals surface area contributed by atoms with Crippen molar-refractivity contribution >= 4 is 28.3 Å². The highest BCUT2D eigenvalue weighted by Crippen LogP contribution is 2.40. The maximum absolute atomic E-state index is 13.3. The van der Waals surface area contributed by atoms with Crippen LogP contribution in [-0.2, 0) is 4.74 Å². The van der Waals surface area contributed by atoms with Crippen LogP contribution in [0.15, 0.2) is 39.6 Å². The minimum Gasteiger partial charge on any atom is -0.507 e. The molecule has 5 N–H and O–H groups in total. The molecule has 0 saturated heterocycles. The van der Waals surface area contributed by atoms with E-state index >= 15 is 0 Å². The Morgan fingerprint density at radius 2 is 1.67 bits per heavy atom. The third kappa shape index (κ3) is 4.03. The summed E-state index contributed by atoms with van der Waals surface area (Å²) in [5.74, 6) is -4.23. The minimum atomic E-state index is -1.30. The van der Waals surface area contributed by atoms with E-state index < -0.39 is 63.9 Å². The summed E-state index contributed by atoms with van der Waals surface area (Å²) in [5, 5.41) is 49.7. The number of Topliss-reactive ketones (excluding diaryl/α,β-unsaturated/α-hetero) is 1. The number of benzene rings is 2. The summed E-state index contributed by atoms with van der Waals surface area (Å²) < 4.78 is 9.84. The van der Waals surface area contributed by atoms with E-state index in [0.29, 0.717) is 6.07 Å². The molecular weight excluding hydrogens is 436 g/mol. The van der Waals surface area contributed by atoms with Gasteiger partial charge in [-0.15, -0.1) is 6.42 Å². The Morgan fingerprint density at radius 1 is 1.00 bits per heavy atom. The van der Waals surface area contributed by atoms with E-state index in [1.165, 1.54) is 19.1 Å². The SMILES string of the molecule is C#CCOC(=O)c1c(O)c(O)cc(O)c1C(=O)/C(=C\C)c1cc2cc(O)c(O)cc2oc1=O. The van der Waals surface area contributed by atoms with Crippen molar-refractivity contribution in [1.82, 2.24) is 0 Å². The number of ether oxygens (including phenoxy) is 1. The van der Waals surface area contributed by atoms with Gasteiger partial charge in [0.05, 0.1) is 11.1 Å². The fraction of sp³-hybridized carbons (Fsp3) is 0.0870. The normalized spacial score (nSPS) is 11.2. The maximum Gasteiger partial charge on any atom is 0.344 e. The molecule has 0 spiro atoms. The summed E-state index contributed by atoms with van der Waals surface area (Å²) >= 11 is 0. The number of esters is 1. The van der Waals surface area contributed by atoms with Crippen molar-refractivity contribution in [2.45, 2.75) is 6.92 Å². The molecule has 168 valence electrons. The number of phenols is 5. The molecule has 1 aromatic heterocycles. The van der Waals surface area contributed by atoms with E-state index in [4.69, 9.17) is 15.6 Å². The molecule has 0 radical (unpaired) electrons. The van der Waals surface area contributed by atoms with Gasteiger partial charge in [0.2, 0.25) is 0 Å². The number of rotatable bonds is 5. The lowest BCUT2D eigenvalue weighted by atomic mass is 9.92. The van der Waals surface area contributed by atoms with Crippen LogP contribution in [0, 0.1) is 12.3 Å². The Morgan fingerprint density at radius 3 is 2.30 bits per heavy atom. The van der Waals surface area contributed by atoms with Crippen LogP contribution in [0.4, 0.5) is 0 Å². The first-order valence-electron chi connectivity index (χ1n) is 9.20. The Bertz CT molecular complexity index is 1440. The number of ketones is 1. The standard InChI is InChI=1S/C23H16O10/c1-3-5-32-23(31)19-18(15(26)8-16(27)21(19)29)20(28)11(4-2)12-6-10-7-13(24)14(25)9-17(10)33-22(12)30/h1,4,6-9,24-27,29H,5H2,2H3/b11-4-. The molecule has 10 heteroatoms. The average molecular weight is 452 g/mol. The van der Waals surface area contributed by atoms with Crippen LogP contribution in [0.5, 0.6) is 28.7 Å². The third-order valence-corrected chi connectivity index (χ3v) is 4.63. The first-order chi connectivity index (χ1) is 15.6. The summed E-state index contributed by atoms with van der Waals surface area (Å²) in [4.78, 5) is 38.3. The summed E-state index contributed by atoms with van der Waals surface area (Å²) in [7, 11) is 0. The zero-order chi connectivity index (χ0) is 24.4. The van der Waals surface area contributed by atoms with Gasteiger partial charge in [0, 0.05) is 23.1 Å². The predicted molar refractivity (Wildman–Crippen MR) is 114 cm³/mol. The highest BCUT2D eigenvalue weighted by atomic mass is 16.5. The van der Waals surface area contributed by atoms with E-state index in [9.17, 15) is 39.9 Å². The predicted octanol–water partition coefficient (Wildman–Crippen LogP) is 2.40. The summed E-state index contributed by atoms with van der Waals surface area (Å²) in [6.45, 7) is 0.863. The van der Waals surface area contributed by atoms with E-state index in [-0.39, 0.29) is 22.1 Å². The largest absolute Gasteiger partial charge is 0.507 e. The summed E-state index contributed by atoms with van der Waals surface area (Å²) in [6.07, 6.45) is 6.23. The molecule has 0 bridgehead atoms. The van der Waals surface area contributed by atoms with Crippen molar-refractivity contribution in [2.24, 2.45) is 0 Å². The third-order valence-electron chi connectivity index (χ3n) is 4.63. The van der Waals surface area contributed by atoms with Crippen LogP contribution in [-0.4, -0.2) is 43.9 Å². The second-order valence-corrected chi connectivity index (χ2v) is 6.65. The monoisotopic (exact) mass is 452 g/mol. The Kier molecular flexibility index (Phi) is 5.99. The Balaban J connectivity index is 2.23. The van der Waals surface area contributed by atoms with Gasteiger partial charge in [-0.25, -0.2) is 9.59 Å². The maximum atomic E-state index is 13.3. The highest BCUT2D eigenvalue weighted by Gasteiger charge is 2.31. The van der Waals surface area contributed by atoms with Gasteiger partial charge < -0.3 is 34.7 Å². The number of hydrogen-bond donors (Lipinski definition) is 5. The lowest BCUT2D eigenvalue weighted by Crippen LogP contribution is -2.17. The second kappa shape index (κ2) is 8.68. The average Bonchev–Trinajstić information content (AvgIpc) is 2.76. The fourth-order valence-electron chi connectivity index (χ4n) is 3.13. The molecule has 0 aliphatic rings. The molecule has 0 amide bonds. The fourth-order valence-corrected chi connectivity index (χ4v) is 3.13. The number of phenolic OH excluding ortho intramolecular Hbond substituents is 5. The topological polar surface area (TPSA) is 175 Å². The highest BCUT2D eigenvalue weighted by molar-refractivity contribution is 6.32. The molecule has 1 heterocycles. The quantitative estimate of drug-likeness (QED) is 0.0735. The minimum absolute atomic E-state index is 0.0781. The van der Waals surface area contributed by atoms with Crippen molar-refractivity contribution in [3.63, 3.8) is 0 Å². The van der Waals surface area contributed by atoms with Crippen LogP contribution in [0.25, 0.3) is 16.5 Å². The van der Waals surface area contributed by atoms with Crippen molar-refractivity contribution in [2.75, 3.05) is 6.61 Å². The molecule has 0 aliphatic carbocycles. The number of carbonyl (C=O) groups excluding carboxylic acids is 2. The lowest BCUT2D eigenvalue weighted by Gasteiger charge is -2.14. The second-order valence-electron chi connectivity index (χ2n) is 6.65. The number of terminal acetylenes is 1. The molecule has 3 aromatic rings. The lowest BCUT2D eigenvalue weighted by molar-refractivity contribution is 0.0549. The van der Waals surface area contributed by atoms with Crippen LogP contribution in [0.1, 0.15) is 33.2 Å². The zero-order valence-corrected chi connectivity index (χ0v) is 16.9. The first kappa shape index (κ1) is 22.8. The molecule has 2 aromatic carbocycles. The molecule has 0 unspecified atom stereocenters. The van der Waals surface area contributed by atoms with Gasteiger partial charge in [-0.05, 0) is 19.1 Å². The van der Waals surface area contributed by atoms with Gasteiger partial charge in [-0.3, -0.25) is 4.79 Å².